The molecule has 0 bridgehead atoms. The lowest BCUT2D eigenvalue weighted by Gasteiger charge is -2.19. The first-order valence-corrected chi connectivity index (χ1v) is 6.08. The predicted octanol–water partition coefficient (Wildman–Crippen LogP) is 4.07. The molecule has 0 aliphatic carbocycles. The van der Waals surface area contributed by atoms with Crippen LogP contribution < -0.4 is 10.1 Å². The van der Waals surface area contributed by atoms with Crippen molar-refractivity contribution < 1.29 is 9.13 Å². The quantitative estimate of drug-likeness (QED) is 0.836. The van der Waals surface area contributed by atoms with Gasteiger partial charge >= 0.3 is 0 Å². The van der Waals surface area contributed by atoms with Gasteiger partial charge in [-0.15, -0.1) is 0 Å². The Hall–Kier alpha value is -1.25. The van der Waals surface area contributed by atoms with E-state index in [0.29, 0.717) is 17.8 Å². The molecule has 1 rings (SSSR count). The molecular formula is C14H22FNO. The molecule has 0 radical (unpaired) electrons. The highest BCUT2D eigenvalue weighted by Crippen LogP contribution is 2.26. The van der Waals surface area contributed by atoms with E-state index in [1.54, 1.807) is 6.07 Å². The lowest BCUT2D eigenvalue weighted by atomic mass is 9.92. The van der Waals surface area contributed by atoms with Crippen LogP contribution in [0.25, 0.3) is 0 Å². The Kier molecular flexibility index (Phi) is 4.79. The first-order valence-electron chi connectivity index (χ1n) is 6.08. The van der Waals surface area contributed by atoms with Crippen molar-refractivity contribution in [1.82, 2.24) is 0 Å². The molecule has 0 atom stereocenters. The van der Waals surface area contributed by atoms with E-state index in [2.05, 4.69) is 26.1 Å². The standard InChI is InChI=1S/C14H22FNO/c1-5-17-13-10-11(15)6-7-12(13)16-9-8-14(2,3)4/h6-7,10,16H,5,8-9H2,1-4H3. The summed E-state index contributed by atoms with van der Waals surface area (Å²) in [4.78, 5) is 0. The van der Waals surface area contributed by atoms with Crippen molar-refractivity contribution in [2.75, 3.05) is 18.5 Å². The highest BCUT2D eigenvalue weighted by atomic mass is 19.1. The summed E-state index contributed by atoms with van der Waals surface area (Å²) in [6.45, 7) is 9.88. The molecule has 2 nitrogen and oxygen atoms in total. The summed E-state index contributed by atoms with van der Waals surface area (Å²) in [6.07, 6.45) is 1.05. The summed E-state index contributed by atoms with van der Waals surface area (Å²) in [6, 6.07) is 4.59. The summed E-state index contributed by atoms with van der Waals surface area (Å²) in [7, 11) is 0. The normalized spacial score (nSPS) is 11.4. The highest BCUT2D eigenvalue weighted by molar-refractivity contribution is 5.56. The van der Waals surface area contributed by atoms with E-state index in [1.165, 1.54) is 12.1 Å². The van der Waals surface area contributed by atoms with Gasteiger partial charge in [0.15, 0.2) is 0 Å². The van der Waals surface area contributed by atoms with Crippen LogP contribution >= 0.6 is 0 Å². The Bertz CT molecular complexity index is 358. The molecule has 3 heteroatoms. The zero-order chi connectivity index (χ0) is 12.9. The minimum Gasteiger partial charge on any atom is -0.492 e. The summed E-state index contributed by atoms with van der Waals surface area (Å²) in [5, 5.41) is 3.29. The predicted molar refractivity (Wildman–Crippen MR) is 70.1 cm³/mol. The van der Waals surface area contributed by atoms with Gasteiger partial charge in [-0.2, -0.15) is 0 Å². The van der Waals surface area contributed by atoms with Gasteiger partial charge in [-0.05, 0) is 30.9 Å². The van der Waals surface area contributed by atoms with Crippen molar-refractivity contribution in [2.45, 2.75) is 34.1 Å². The summed E-state index contributed by atoms with van der Waals surface area (Å²) in [5.41, 5.74) is 1.15. The Morgan fingerprint density at radius 1 is 1.29 bits per heavy atom. The SMILES string of the molecule is CCOc1cc(F)ccc1NCCC(C)(C)C. The van der Waals surface area contributed by atoms with Gasteiger partial charge in [0, 0.05) is 12.6 Å². The lowest BCUT2D eigenvalue weighted by molar-refractivity contribution is 0.339. The zero-order valence-corrected chi connectivity index (χ0v) is 11.1. The molecule has 0 aliphatic heterocycles. The van der Waals surface area contributed by atoms with Gasteiger partial charge in [0.1, 0.15) is 11.6 Å². The number of nitrogens with one attached hydrogen (secondary N) is 1. The molecule has 0 amide bonds. The van der Waals surface area contributed by atoms with Gasteiger partial charge in [-0.3, -0.25) is 0 Å². The zero-order valence-electron chi connectivity index (χ0n) is 11.1. The Morgan fingerprint density at radius 2 is 2.00 bits per heavy atom. The van der Waals surface area contributed by atoms with E-state index in [0.717, 1.165) is 18.7 Å². The summed E-state index contributed by atoms with van der Waals surface area (Å²) in [5.74, 6) is 0.316. The molecule has 1 aromatic rings. The van der Waals surface area contributed by atoms with Gasteiger partial charge in [-0.25, -0.2) is 4.39 Å². The van der Waals surface area contributed by atoms with E-state index in [-0.39, 0.29) is 5.82 Å². The van der Waals surface area contributed by atoms with Crippen molar-refractivity contribution in [1.29, 1.82) is 0 Å². The molecule has 96 valence electrons. The van der Waals surface area contributed by atoms with Gasteiger partial charge in [0.2, 0.25) is 0 Å². The van der Waals surface area contributed by atoms with Crippen LogP contribution in [0.5, 0.6) is 5.75 Å². The molecule has 17 heavy (non-hydrogen) atoms. The number of anilines is 1. The summed E-state index contributed by atoms with van der Waals surface area (Å²) >= 11 is 0. The summed E-state index contributed by atoms with van der Waals surface area (Å²) < 4.78 is 18.5. The molecule has 0 saturated carbocycles. The number of rotatable bonds is 5. The van der Waals surface area contributed by atoms with Crippen LogP contribution in [0.1, 0.15) is 34.1 Å². The molecule has 0 aliphatic rings. The minimum atomic E-state index is -0.269. The Morgan fingerprint density at radius 3 is 2.59 bits per heavy atom. The second-order valence-electron chi connectivity index (χ2n) is 5.31. The molecule has 0 fully saturated rings. The van der Waals surface area contributed by atoms with Crippen LogP contribution in [0.4, 0.5) is 10.1 Å². The van der Waals surface area contributed by atoms with Gasteiger partial charge in [0.05, 0.1) is 12.3 Å². The van der Waals surface area contributed by atoms with Crippen LogP contribution in [-0.2, 0) is 0 Å². The molecule has 1 aromatic carbocycles. The van der Waals surface area contributed by atoms with E-state index >= 15 is 0 Å². The van der Waals surface area contributed by atoms with Gasteiger partial charge < -0.3 is 10.1 Å². The maximum absolute atomic E-state index is 13.1. The Balaban J connectivity index is 2.63. The molecule has 0 spiro atoms. The first kappa shape index (κ1) is 13.8. The van der Waals surface area contributed by atoms with Crippen molar-refractivity contribution >= 4 is 5.69 Å². The van der Waals surface area contributed by atoms with Crippen molar-refractivity contribution in [3.8, 4) is 5.75 Å². The molecule has 1 N–H and O–H groups in total. The number of hydrogen-bond donors (Lipinski definition) is 1. The average molecular weight is 239 g/mol. The van der Waals surface area contributed by atoms with E-state index in [4.69, 9.17) is 4.74 Å². The topological polar surface area (TPSA) is 21.3 Å². The fourth-order valence-corrected chi connectivity index (χ4v) is 1.49. The number of halogens is 1. The van der Waals surface area contributed by atoms with E-state index < -0.39 is 0 Å². The maximum atomic E-state index is 13.1. The smallest absolute Gasteiger partial charge is 0.145 e. The van der Waals surface area contributed by atoms with Crippen LogP contribution in [0.15, 0.2) is 18.2 Å². The van der Waals surface area contributed by atoms with Crippen LogP contribution in [0.3, 0.4) is 0 Å². The monoisotopic (exact) mass is 239 g/mol. The number of hydrogen-bond acceptors (Lipinski definition) is 2. The lowest BCUT2D eigenvalue weighted by Crippen LogP contribution is -2.13. The van der Waals surface area contributed by atoms with Crippen LogP contribution in [0.2, 0.25) is 0 Å². The van der Waals surface area contributed by atoms with Crippen LogP contribution in [-0.4, -0.2) is 13.2 Å². The minimum absolute atomic E-state index is 0.269. The Labute approximate surface area is 103 Å². The fourth-order valence-electron chi connectivity index (χ4n) is 1.49. The highest BCUT2D eigenvalue weighted by Gasteiger charge is 2.10. The maximum Gasteiger partial charge on any atom is 0.145 e. The second-order valence-corrected chi connectivity index (χ2v) is 5.31. The fraction of sp³-hybridized carbons (Fsp3) is 0.571. The van der Waals surface area contributed by atoms with Crippen LogP contribution in [0, 0.1) is 11.2 Å². The van der Waals surface area contributed by atoms with E-state index in [9.17, 15) is 4.39 Å². The molecular weight excluding hydrogens is 217 g/mol. The number of ether oxygens (including phenoxy) is 1. The molecule has 0 aromatic heterocycles. The molecule has 0 saturated heterocycles. The van der Waals surface area contributed by atoms with Crippen molar-refractivity contribution in [2.24, 2.45) is 5.41 Å². The van der Waals surface area contributed by atoms with Crippen molar-refractivity contribution in [3.63, 3.8) is 0 Å². The first-order chi connectivity index (χ1) is 7.92. The largest absolute Gasteiger partial charge is 0.492 e. The number of benzene rings is 1. The second kappa shape index (κ2) is 5.89. The van der Waals surface area contributed by atoms with Gasteiger partial charge in [0.25, 0.3) is 0 Å². The third kappa shape index (κ3) is 5.07. The van der Waals surface area contributed by atoms with E-state index in [1.807, 2.05) is 6.92 Å². The third-order valence-corrected chi connectivity index (χ3v) is 2.43. The molecule has 0 unspecified atom stereocenters. The molecule has 0 heterocycles. The van der Waals surface area contributed by atoms with Crippen molar-refractivity contribution in [3.05, 3.63) is 24.0 Å². The average Bonchev–Trinajstić information content (AvgIpc) is 2.20. The third-order valence-electron chi connectivity index (χ3n) is 2.43. The van der Waals surface area contributed by atoms with Gasteiger partial charge in [-0.1, -0.05) is 20.8 Å².